The summed E-state index contributed by atoms with van der Waals surface area (Å²) in [6.07, 6.45) is 5.30. The summed E-state index contributed by atoms with van der Waals surface area (Å²) >= 11 is 0. The predicted molar refractivity (Wildman–Crippen MR) is 78.3 cm³/mol. The molecule has 1 atom stereocenters. The van der Waals surface area contributed by atoms with Crippen LogP contribution in [-0.2, 0) is 6.42 Å². The molecule has 0 amide bonds. The molecule has 2 N–H and O–H groups in total. The fourth-order valence-corrected chi connectivity index (χ4v) is 3.41. The van der Waals surface area contributed by atoms with Gasteiger partial charge in [-0.2, -0.15) is 0 Å². The summed E-state index contributed by atoms with van der Waals surface area (Å²) in [5.74, 6) is 0.998. The van der Waals surface area contributed by atoms with Crippen molar-refractivity contribution in [2.75, 3.05) is 0 Å². The van der Waals surface area contributed by atoms with Crippen LogP contribution in [0.1, 0.15) is 45.1 Å². The Bertz CT molecular complexity index is 416. The Morgan fingerprint density at radius 1 is 1.00 bits per heavy atom. The van der Waals surface area contributed by atoms with Gasteiger partial charge in [-0.3, -0.25) is 0 Å². The summed E-state index contributed by atoms with van der Waals surface area (Å²) < 4.78 is 26.4. The molecule has 1 nitrogen and oxygen atoms in total. The predicted octanol–water partition coefficient (Wildman–Crippen LogP) is 4.30. The van der Waals surface area contributed by atoms with Crippen LogP contribution in [0.2, 0.25) is 0 Å². The lowest BCUT2D eigenvalue weighted by Crippen LogP contribution is -2.35. The molecule has 3 heteroatoms. The zero-order valence-electron chi connectivity index (χ0n) is 12.4. The molecule has 0 bridgehead atoms. The monoisotopic (exact) mass is 281 g/mol. The Morgan fingerprint density at radius 3 is 2.00 bits per heavy atom. The Hall–Kier alpha value is -0.960. The van der Waals surface area contributed by atoms with Crippen LogP contribution >= 0.6 is 0 Å². The first-order valence-corrected chi connectivity index (χ1v) is 7.66. The Labute approximate surface area is 120 Å². The lowest BCUT2D eigenvalue weighted by atomic mass is 9.74. The van der Waals surface area contributed by atoms with Crippen LogP contribution < -0.4 is 5.73 Å². The van der Waals surface area contributed by atoms with Gasteiger partial charge < -0.3 is 5.73 Å². The SMILES string of the molecule is CC(C)C1CCC(C(N)Cc2cc(F)cc(F)c2)CC1. The van der Waals surface area contributed by atoms with Gasteiger partial charge in [-0.05, 0) is 67.6 Å². The van der Waals surface area contributed by atoms with E-state index in [4.69, 9.17) is 5.73 Å². The van der Waals surface area contributed by atoms with Crippen LogP contribution in [0.4, 0.5) is 8.78 Å². The highest BCUT2D eigenvalue weighted by Gasteiger charge is 2.27. The number of hydrogen-bond donors (Lipinski definition) is 1. The van der Waals surface area contributed by atoms with E-state index >= 15 is 0 Å². The van der Waals surface area contributed by atoms with Crippen molar-refractivity contribution in [3.05, 3.63) is 35.4 Å². The highest BCUT2D eigenvalue weighted by Crippen LogP contribution is 2.35. The minimum atomic E-state index is -0.518. The van der Waals surface area contributed by atoms with Crippen molar-refractivity contribution in [3.63, 3.8) is 0 Å². The highest BCUT2D eigenvalue weighted by molar-refractivity contribution is 5.19. The number of nitrogens with two attached hydrogens (primary N) is 1. The normalized spacial score (nSPS) is 24.9. The molecule has 1 aromatic carbocycles. The fraction of sp³-hybridized carbons (Fsp3) is 0.647. The second-order valence-corrected chi connectivity index (χ2v) is 6.56. The number of benzene rings is 1. The first-order valence-electron chi connectivity index (χ1n) is 7.66. The summed E-state index contributed by atoms with van der Waals surface area (Å²) in [5, 5.41) is 0. The number of rotatable bonds is 4. The average molecular weight is 281 g/mol. The average Bonchev–Trinajstić information content (AvgIpc) is 2.37. The van der Waals surface area contributed by atoms with Crippen molar-refractivity contribution in [1.29, 1.82) is 0 Å². The zero-order valence-corrected chi connectivity index (χ0v) is 12.4. The second kappa shape index (κ2) is 6.66. The second-order valence-electron chi connectivity index (χ2n) is 6.56. The van der Waals surface area contributed by atoms with Crippen LogP contribution in [0, 0.1) is 29.4 Å². The summed E-state index contributed by atoms with van der Waals surface area (Å²) in [6.45, 7) is 4.56. The topological polar surface area (TPSA) is 26.0 Å². The van der Waals surface area contributed by atoms with Crippen molar-refractivity contribution in [2.45, 2.75) is 52.0 Å². The quantitative estimate of drug-likeness (QED) is 0.875. The van der Waals surface area contributed by atoms with E-state index in [1.807, 2.05) is 0 Å². The van der Waals surface area contributed by atoms with E-state index in [1.165, 1.54) is 25.0 Å². The largest absolute Gasteiger partial charge is 0.327 e. The molecule has 1 unspecified atom stereocenters. The zero-order chi connectivity index (χ0) is 14.7. The van der Waals surface area contributed by atoms with E-state index in [0.717, 1.165) is 30.7 Å². The van der Waals surface area contributed by atoms with Crippen LogP contribution in [0.5, 0.6) is 0 Å². The standard InChI is InChI=1S/C17H25F2N/c1-11(2)13-3-5-14(6-4-13)17(20)9-12-7-15(18)10-16(19)8-12/h7-8,10-11,13-14,17H,3-6,9,20H2,1-2H3. The van der Waals surface area contributed by atoms with Gasteiger partial charge >= 0.3 is 0 Å². The maximum absolute atomic E-state index is 13.2. The van der Waals surface area contributed by atoms with Crippen molar-refractivity contribution >= 4 is 0 Å². The molecule has 0 aliphatic heterocycles. The van der Waals surface area contributed by atoms with E-state index in [1.54, 1.807) is 0 Å². The molecule has 1 aliphatic rings. The molecule has 0 spiro atoms. The highest BCUT2D eigenvalue weighted by atomic mass is 19.1. The van der Waals surface area contributed by atoms with E-state index in [9.17, 15) is 8.78 Å². The number of halogens is 2. The molecule has 0 radical (unpaired) electrons. The third-order valence-electron chi connectivity index (χ3n) is 4.76. The molecule has 20 heavy (non-hydrogen) atoms. The molecule has 112 valence electrons. The lowest BCUT2D eigenvalue weighted by molar-refractivity contribution is 0.202. The Balaban J connectivity index is 1.91. The van der Waals surface area contributed by atoms with Gasteiger partial charge in [0, 0.05) is 12.1 Å². The Kier molecular flexibility index (Phi) is 5.14. The van der Waals surface area contributed by atoms with Crippen molar-refractivity contribution in [2.24, 2.45) is 23.5 Å². The first kappa shape index (κ1) is 15.4. The van der Waals surface area contributed by atoms with Gasteiger partial charge in [-0.15, -0.1) is 0 Å². The van der Waals surface area contributed by atoms with Crippen LogP contribution in [0.15, 0.2) is 18.2 Å². The minimum absolute atomic E-state index is 0.00399. The van der Waals surface area contributed by atoms with Gasteiger partial charge in [0.05, 0.1) is 0 Å². The summed E-state index contributed by atoms with van der Waals surface area (Å²) in [4.78, 5) is 0. The van der Waals surface area contributed by atoms with Crippen LogP contribution in [-0.4, -0.2) is 6.04 Å². The van der Waals surface area contributed by atoms with Crippen LogP contribution in [0.25, 0.3) is 0 Å². The maximum Gasteiger partial charge on any atom is 0.126 e. The van der Waals surface area contributed by atoms with Gasteiger partial charge in [0.1, 0.15) is 11.6 Å². The molecule has 0 saturated heterocycles. The molecule has 1 aromatic rings. The van der Waals surface area contributed by atoms with Gasteiger partial charge in [0.15, 0.2) is 0 Å². The van der Waals surface area contributed by atoms with Crippen molar-refractivity contribution in [3.8, 4) is 0 Å². The van der Waals surface area contributed by atoms with E-state index in [-0.39, 0.29) is 6.04 Å². The van der Waals surface area contributed by atoms with E-state index < -0.39 is 11.6 Å². The third kappa shape index (κ3) is 4.02. The molecule has 2 rings (SSSR count). The molecular formula is C17H25F2N. The van der Waals surface area contributed by atoms with Gasteiger partial charge in [0.2, 0.25) is 0 Å². The minimum Gasteiger partial charge on any atom is -0.327 e. The van der Waals surface area contributed by atoms with Gasteiger partial charge in [0.25, 0.3) is 0 Å². The molecule has 1 fully saturated rings. The lowest BCUT2D eigenvalue weighted by Gasteiger charge is -2.34. The van der Waals surface area contributed by atoms with Crippen LogP contribution in [0.3, 0.4) is 0 Å². The van der Waals surface area contributed by atoms with Gasteiger partial charge in [-0.1, -0.05) is 13.8 Å². The number of hydrogen-bond acceptors (Lipinski definition) is 1. The first-order chi connectivity index (χ1) is 9.45. The smallest absolute Gasteiger partial charge is 0.126 e. The maximum atomic E-state index is 13.2. The van der Waals surface area contributed by atoms with E-state index in [0.29, 0.717) is 17.9 Å². The van der Waals surface area contributed by atoms with Crippen molar-refractivity contribution in [1.82, 2.24) is 0 Å². The molecule has 0 heterocycles. The summed E-state index contributed by atoms with van der Waals surface area (Å²) in [5.41, 5.74) is 6.92. The van der Waals surface area contributed by atoms with Gasteiger partial charge in [-0.25, -0.2) is 8.78 Å². The third-order valence-corrected chi connectivity index (χ3v) is 4.76. The molecular weight excluding hydrogens is 256 g/mol. The molecule has 1 aliphatic carbocycles. The molecule has 0 aromatic heterocycles. The summed E-state index contributed by atoms with van der Waals surface area (Å²) in [7, 11) is 0. The van der Waals surface area contributed by atoms with Crippen molar-refractivity contribution < 1.29 is 8.78 Å². The molecule has 1 saturated carbocycles. The fourth-order valence-electron chi connectivity index (χ4n) is 3.41. The summed E-state index contributed by atoms with van der Waals surface area (Å²) in [6, 6.07) is 3.69. The Morgan fingerprint density at radius 2 is 1.50 bits per heavy atom. The van der Waals surface area contributed by atoms with E-state index in [2.05, 4.69) is 13.8 Å².